The summed E-state index contributed by atoms with van der Waals surface area (Å²) in [5.41, 5.74) is 4.56. The van der Waals surface area contributed by atoms with E-state index in [0.29, 0.717) is 46.4 Å². The van der Waals surface area contributed by atoms with Crippen molar-refractivity contribution in [2.75, 3.05) is 11.9 Å². The number of anilines is 2. The Morgan fingerprint density at radius 1 is 1.11 bits per heavy atom. The topological polar surface area (TPSA) is 78.3 Å². The second kappa shape index (κ2) is 10.0. The summed E-state index contributed by atoms with van der Waals surface area (Å²) in [6, 6.07) is 16.7. The van der Waals surface area contributed by atoms with Gasteiger partial charge in [0.25, 0.3) is 0 Å². The number of hydrogen-bond donors (Lipinski definition) is 1. The summed E-state index contributed by atoms with van der Waals surface area (Å²) in [5.74, 6) is -1.11. The molecule has 1 aromatic heterocycles. The first kappa shape index (κ1) is 25.1. The van der Waals surface area contributed by atoms with E-state index in [0.717, 1.165) is 11.1 Å². The Bertz CT molecular complexity index is 1450. The van der Waals surface area contributed by atoms with E-state index in [1.165, 1.54) is 12.1 Å². The van der Waals surface area contributed by atoms with Gasteiger partial charge in [0.15, 0.2) is 11.6 Å². The van der Waals surface area contributed by atoms with Gasteiger partial charge in [0.1, 0.15) is 17.6 Å². The van der Waals surface area contributed by atoms with Crippen molar-refractivity contribution in [2.24, 2.45) is 0 Å². The molecule has 1 unspecified atom stereocenters. The minimum absolute atomic E-state index is 0.109. The Balaban J connectivity index is 1.34. The van der Waals surface area contributed by atoms with Crippen molar-refractivity contribution in [3.8, 4) is 11.3 Å². The van der Waals surface area contributed by atoms with Crippen molar-refractivity contribution in [1.29, 1.82) is 0 Å². The van der Waals surface area contributed by atoms with Crippen LogP contribution in [0.5, 0.6) is 0 Å². The van der Waals surface area contributed by atoms with Crippen LogP contribution in [0, 0.1) is 12.7 Å². The molecule has 5 rings (SSSR count). The van der Waals surface area contributed by atoms with E-state index < -0.39 is 5.79 Å². The number of rotatable bonds is 7. The van der Waals surface area contributed by atoms with Crippen molar-refractivity contribution in [3.05, 3.63) is 94.4 Å². The second-order valence-corrected chi connectivity index (χ2v) is 9.87. The predicted molar refractivity (Wildman–Crippen MR) is 140 cm³/mol. The standard InChI is InChI=1S/C28H26ClFN4O3/c1-17-4-5-18(26-15-34(33-32-26)14-22-16-36-28(2,3)37-22)12-24(17)27(35)23-11-10-21(13-25(23)29)31-20-8-6-19(30)7-9-20/h4-13,15,22,31H,14,16H2,1-3H3. The highest BCUT2D eigenvalue weighted by Gasteiger charge is 2.33. The van der Waals surface area contributed by atoms with E-state index in [4.69, 9.17) is 21.1 Å². The lowest BCUT2D eigenvalue weighted by Gasteiger charge is -2.16. The lowest BCUT2D eigenvalue weighted by Crippen LogP contribution is -2.24. The van der Waals surface area contributed by atoms with Gasteiger partial charge in [-0.3, -0.25) is 4.79 Å². The van der Waals surface area contributed by atoms with Crippen LogP contribution in [0.1, 0.15) is 35.3 Å². The molecule has 1 N–H and O–H groups in total. The summed E-state index contributed by atoms with van der Waals surface area (Å²) in [4.78, 5) is 13.5. The third-order valence-electron chi connectivity index (χ3n) is 6.12. The average Bonchev–Trinajstić information content (AvgIpc) is 3.46. The third kappa shape index (κ3) is 5.72. The first-order valence-electron chi connectivity index (χ1n) is 11.9. The second-order valence-electron chi connectivity index (χ2n) is 9.46. The molecule has 0 aliphatic carbocycles. The van der Waals surface area contributed by atoms with Gasteiger partial charge in [-0.1, -0.05) is 28.9 Å². The Labute approximate surface area is 219 Å². The third-order valence-corrected chi connectivity index (χ3v) is 6.43. The minimum Gasteiger partial charge on any atom is -0.355 e. The fourth-order valence-electron chi connectivity index (χ4n) is 4.23. The largest absolute Gasteiger partial charge is 0.355 e. The van der Waals surface area contributed by atoms with E-state index in [-0.39, 0.29) is 17.7 Å². The molecular formula is C28H26ClFN4O3. The maximum Gasteiger partial charge on any atom is 0.194 e. The number of benzene rings is 3. The van der Waals surface area contributed by atoms with Crippen LogP contribution in [-0.2, 0) is 16.0 Å². The maximum atomic E-state index is 13.5. The Morgan fingerprint density at radius 2 is 1.86 bits per heavy atom. The van der Waals surface area contributed by atoms with E-state index in [1.54, 1.807) is 35.0 Å². The van der Waals surface area contributed by atoms with Crippen LogP contribution < -0.4 is 5.32 Å². The SMILES string of the molecule is Cc1ccc(-c2cn(CC3COC(C)(C)O3)nn2)cc1C(=O)c1ccc(Nc2ccc(F)cc2)cc1Cl. The van der Waals surface area contributed by atoms with Crippen LogP contribution in [-0.4, -0.2) is 39.3 Å². The molecule has 7 nitrogen and oxygen atoms in total. The van der Waals surface area contributed by atoms with Gasteiger partial charge in [0.2, 0.25) is 0 Å². The Kier molecular flexibility index (Phi) is 6.81. The molecule has 0 radical (unpaired) electrons. The highest BCUT2D eigenvalue weighted by Crippen LogP contribution is 2.29. The van der Waals surface area contributed by atoms with Gasteiger partial charge in [-0.05, 0) is 74.9 Å². The zero-order valence-electron chi connectivity index (χ0n) is 20.7. The molecule has 3 aromatic carbocycles. The van der Waals surface area contributed by atoms with Crippen LogP contribution in [0.25, 0.3) is 11.3 Å². The quantitative estimate of drug-likeness (QED) is 0.293. The van der Waals surface area contributed by atoms with Crippen LogP contribution >= 0.6 is 11.6 Å². The number of ether oxygens (including phenoxy) is 2. The Hall–Kier alpha value is -3.59. The molecule has 0 bridgehead atoms. The fraction of sp³-hybridized carbons (Fsp3) is 0.250. The number of ketones is 1. The number of carbonyl (C=O) groups is 1. The molecule has 9 heteroatoms. The first-order valence-corrected chi connectivity index (χ1v) is 12.2. The van der Waals surface area contributed by atoms with E-state index in [2.05, 4.69) is 15.6 Å². The molecule has 1 saturated heterocycles. The maximum absolute atomic E-state index is 13.5. The molecular weight excluding hydrogens is 495 g/mol. The first-order chi connectivity index (χ1) is 17.7. The number of halogens is 2. The van der Waals surface area contributed by atoms with Crippen LogP contribution in [0.3, 0.4) is 0 Å². The van der Waals surface area contributed by atoms with Crippen molar-refractivity contribution in [3.63, 3.8) is 0 Å². The lowest BCUT2D eigenvalue weighted by atomic mass is 9.96. The van der Waals surface area contributed by atoms with Gasteiger partial charge in [0.05, 0.1) is 24.4 Å². The number of hydrogen-bond acceptors (Lipinski definition) is 6. The van der Waals surface area contributed by atoms with Gasteiger partial charge < -0.3 is 14.8 Å². The normalized spacial score (nSPS) is 16.6. The molecule has 190 valence electrons. The summed E-state index contributed by atoms with van der Waals surface area (Å²) in [6.45, 7) is 6.65. The Morgan fingerprint density at radius 3 is 2.57 bits per heavy atom. The van der Waals surface area contributed by atoms with Crippen molar-refractivity contribution >= 4 is 28.8 Å². The zero-order valence-corrected chi connectivity index (χ0v) is 21.4. The lowest BCUT2D eigenvalue weighted by molar-refractivity contribution is -0.139. The van der Waals surface area contributed by atoms with Gasteiger partial charge in [-0.15, -0.1) is 5.10 Å². The zero-order chi connectivity index (χ0) is 26.2. The van der Waals surface area contributed by atoms with Crippen molar-refractivity contribution in [2.45, 2.75) is 39.2 Å². The number of nitrogens with zero attached hydrogens (tertiary/aromatic N) is 3. The minimum atomic E-state index is -0.600. The predicted octanol–water partition coefficient (Wildman–Crippen LogP) is 6.17. The molecule has 4 aromatic rings. The molecule has 1 atom stereocenters. The van der Waals surface area contributed by atoms with E-state index in [1.807, 2.05) is 45.2 Å². The molecule has 0 saturated carbocycles. The van der Waals surface area contributed by atoms with Gasteiger partial charge in [0, 0.05) is 28.1 Å². The van der Waals surface area contributed by atoms with Gasteiger partial charge >= 0.3 is 0 Å². The van der Waals surface area contributed by atoms with Crippen LogP contribution in [0.15, 0.2) is 66.9 Å². The van der Waals surface area contributed by atoms with E-state index >= 15 is 0 Å². The smallest absolute Gasteiger partial charge is 0.194 e. The molecule has 37 heavy (non-hydrogen) atoms. The average molecular weight is 521 g/mol. The molecule has 2 heterocycles. The van der Waals surface area contributed by atoms with Crippen molar-refractivity contribution < 1.29 is 18.7 Å². The molecule has 0 amide bonds. The molecule has 1 fully saturated rings. The number of aryl methyl sites for hydroxylation is 1. The summed E-state index contributed by atoms with van der Waals surface area (Å²) in [6.07, 6.45) is 1.72. The summed E-state index contributed by atoms with van der Waals surface area (Å²) in [5, 5.41) is 12.0. The highest BCUT2D eigenvalue weighted by molar-refractivity contribution is 6.35. The summed E-state index contributed by atoms with van der Waals surface area (Å²) < 4.78 is 26.4. The summed E-state index contributed by atoms with van der Waals surface area (Å²) in [7, 11) is 0. The van der Waals surface area contributed by atoms with Crippen LogP contribution in [0.2, 0.25) is 5.02 Å². The van der Waals surface area contributed by atoms with Gasteiger partial charge in [-0.2, -0.15) is 0 Å². The van der Waals surface area contributed by atoms with E-state index in [9.17, 15) is 9.18 Å². The monoisotopic (exact) mass is 520 g/mol. The molecule has 1 aliphatic heterocycles. The van der Waals surface area contributed by atoms with Gasteiger partial charge in [-0.25, -0.2) is 9.07 Å². The fourth-order valence-corrected chi connectivity index (χ4v) is 4.50. The van der Waals surface area contributed by atoms with Crippen LogP contribution in [0.4, 0.5) is 15.8 Å². The number of aromatic nitrogens is 3. The number of nitrogens with one attached hydrogen (secondary N) is 1. The van der Waals surface area contributed by atoms with Crippen molar-refractivity contribution in [1.82, 2.24) is 15.0 Å². The number of carbonyl (C=O) groups excluding carboxylic acids is 1. The molecule has 1 aliphatic rings. The molecule has 0 spiro atoms. The highest BCUT2D eigenvalue weighted by atomic mass is 35.5. The summed E-state index contributed by atoms with van der Waals surface area (Å²) >= 11 is 6.51.